The highest BCUT2D eigenvalue weighted by Crippen LogP contribution is 2.19. The van der Waals surface area contributed by atoms with E-state index in [1.54, 1.807) is 6.07 Å². The molecule has 3 heteroatoms. The number of nitrogens with two attached hydrogens (primary N) is 1. The topological polar surface area (TPSA) is 35.2 Å². The van der Waals surface area contributed by atoms with Crippen LogP contribution in [0, 0.1) is 5.92 Å². The van der Waals surface area contributed by atoms with Crippen LogP contribution in [-0.2, 0) is 11.3 Å². The standard InChI is InChI=1S/C13H20ClNO/c1-3-4-10(2)8-16-9-11-7-12(14)5-6-13(11)15/h5-7,10H,3-4,8-9,15H2,1-2H3. The first-order valence-electron chi connectivity index (χ1n) is 5.75. The summed E-state index contributed by atoms with van der Waals surface area (Å²) in [5.41, 5.74) is 7.54. The molecule has 0 fully saturated rings. The van der Waals surface area contributed by atoms with Crippen molar-refractivity contribution >= 4 is 17.3 Å². The molecule has 1 rings (SSSR count). The molecule has 0 bridgehead atoms. The molecule has 0 aromatic heterocycles. The molecule has 0 aliphatic rings. The Morgan fingerprint density at radius 1 is 1.44 bits per heavy atom. The van der Waals surface area contributed by atoms with E-state index >= 15 is 0 Å². The second-order valence-electron chi connectivity index (χ2n) is 4.25. The molecule has 16 heavy (non-hydrogen) atoms. The molecule has 0 radical (unpaired) electrons. The van der Waals surface area contributed by atoms with Crippen LogP contribution in [0.5, 0.6) is 0 Å². The molecule has 1 aromatic rings. The van der Waals surface area contributed by atoms with Crippen molar-refractivity contribution in [3.8, 4) is 0 Å². The summed E-state index contributed by atoms with van der Waals surface area (Å²) in [5, 5.41) is 0.703. The maximum atomic E-state index is 5.90. The van der Waals surface area contributed by atoms with Crippen molar-refractivity contribution in [2.75, 3.05) is 12.3 Å². The molecule has 2 N–H and O–H groups in total. The van der Waals surface area contributed by atoms with Crippen LogP contribution < -0.4 is 5.73 Å². The van der Waals surface area contributed by atoms with Crippen molar-refractivity contribution < 1.29 is 4.74 Å². The summed E-state index contributed by atoms with van der Waals surface area (Å²) in [6, 6.07) is 5.47. The Hall–Kier alpha value is -0.730. The monoisotopic (exact) mass is 241 g/mol. The van der Waals surface area contributed by atoms with Crippen LogP contribution in [0.4, 0.5) is 5.69 Å². The minimum atomic E-state index is 0.542. The Kier molecular flexibility index (Phi) is 5.64. The van der Waals surface area contributed by atoms with Crippen LogP contribution in [0.2, 0.25) is 5.02 Å². The Balaban J connectivity index is 2.39. The first-order valence-corrected chi connectivity index (χ1v) is 6.13. The van der Waals surface area contributed by atoms with Crippen molar-refractivity contribution in [2.45, 2.75) is 33.3 Å². The van der Waals surface area contributed by atoms with E-state index in [-0.39, 0.29) is 0 Å². The van der Waals surface area contributed by atoms with Gasteiger partial charge in [0.1, 0.15) is 0 Å². The summed E-state index contributed by atoms with van der Waals surface area (Å²) in [6.45, 7) is 5.70. The van der Waals surface area contributed by atoms with Gasteiger partial charge in [0.2, 0.25) is 0 Å². The normalized spacial score (nSPS) is 12.7. The molecule has 0 amide bonds. The second-order valence-corrected chi connectivity index (χ2v) is 4.69. The number of nitrogen functional groups attached to an aromatic ring is 1. The number of hydrogen-bond acceptors (Lipinski definition) is 2. The van der Waals surface area contributed by atoms with Gasteiger partial charge < -0.3 is 10.5 Å². The maximum absolute atomic E-state index is 5.90. The van der Waals surface area contributed by atoms with Crippen LogP contribution in [-0.4, -0.2) is 6.61 Å². The fourth-order valence-corrected chi connectivity index (χ4v) is 1.84. The van der Waals surface area contributed by atoms with Crippen LogP contribution in [0.15, 0.2) is 18.2 Å². The van der Waals surface area contributed by atoms with E-state index in [4.69, 9.17) is 22.1 Å². The Labute approximate surface area is 103 Å². The lowest BCUT2D eigenvalue weighted by Crippen LogP contribution is -2.06. The van der Waals surface area contributed by atoms with Crippen LogP contribution in [0.1, 0.15) is 32.3 Å². The Bertz CT molecular complexity index is 328. The SMILES string of the molecule is CCCC(C)COCc1cc(Cl)ccc1N. The molecule has 1 aromatic carbocycles. The van der Waals surface area contributed by atoms with Gasteiger partial charge in [-0.1, -0.05) is 31.9 Å². The van der Waals surface area contributed by atoms with Gasteiger partial charge in [-0.2, -0.15) is 0 Å². The molecule has 0 heterocycles. The fraction of sp³-hybridized carbons (Fsp3) is 0.538. The molecule has 0 aliphatic heterocycles. The molecule has 0 saturated carbocycles. The minimum absolute atomic E-state index is 0.542. The van der Waals surface area contributed by atoms with Crippen molar-refractivity contribution in [1.82, 2.24) is 0 Å². The Morgan fingerprint density at radius 2 is 2.19 bits per heavy atom. The smallest absolute Gasteiger partial charge is 0.0737 e. The van der Waals surface area contributed by atoms with Gasteiger partial charge in [-0.25, -0.2) is 0 Å². The van der Waals surface area contributed by atoms with E-state index in [0.29, 0.717) is 17.5 Å². The molecule has 2 nitrogen and oxygen atoms in total. The molecular weight excluding hydrogens is 222 g/mol. The molecular formula is C13H20ClNO. The summed E-state index contributed by atoms with van der Waals surface area (Å²) in [6.07, 6.45) is 2.40. The average molecular weight is 242 g/mol. The molecule has 0 spiro atoms. The summed E-state index contributed by atoms with van der Waals surface area (Å²) < 4.78 is 5.63. The van der Waals surface area contributed by atoms with Gasteiger partial charge in [-0.15, -0.1) is 0 Å². The lowest BCUT2D eigenvalue weighted by Gasteiger charge is -2.12. The molecule has 0 saturated heterocycles. The third-order valence-corrected chi connectivity index (χ3v) is 2.78. The number of hydrogen-bond donors (Lipinski definition) is 1. The predicted octanol–water partition coefficient (Wildman–Crippen LogP) is 3.88. The summed E-state index contributed by atoms with van der Waals surface area (Å²) in [4.78, 5) is 0. The van der Waals surface area contributed by atoms with Crippen molar-refractivity contribution in [2.24, 2.45) is 5.92 Å². The zero-order valence-electron chi connectivity index (χ0n) is 10.0. The summed E-state index contributed by atoms with van der Waals surface area (Å²) in [7, 11) is 0. The number of anilines is 1. The van der Waals surface area contributed by atoms with E-state index in [0.717, 1.165) is 17.9 Å². The maximum Gasteiger partial charge on any atom is 0.0737 e. The van der Waals surface area contributed by atoms with Crippen molar-refractivity contribution in [3.63, 3.8) is 0 Å². The third kappa shape index (κ3) is 4.42. The van der Waals surface area contributed by atoms with Crippen LogP contribution in [0.25, 0.3) is 0 Å². The predicted molar refractivity (Wildman–Crippen MR) is 69.6 cm³/mol. The van der Waals surface area contributed by atoms with E-state index in [1.165, 1.54) is 12.8 Å². The fourth-order valence-electron chi connectivity index (χ4n) is 1.65. The highest BCUT2D eigenvalue weighted by Gasteiger charge is 2.03. The molecule has 1 unspecified atom stereocenters. The highest BCUT2D eigenvalue weighted by molar-refractivity contribution is 6.30. The van der Waals surface area contributed by atoms with Crippen molar-refractivity contribution in [1.29, 1.82) is 0 Å². The van der Waals surface area contributed by atoms with Gasteiger partial charge in [-0.05, 0) is 30.5 Å². The number of benzene rings is 1. The first kappa shape index (κ1) is 13.3. The van der Waals surface area contributed by atoms with E-state index in [1.807, 2.05) is 12.1 Å². The third-order valence-electron chi connectivity index (χ3n) is 2.55. The summed E-state index contributed by atoms with van der Waals surface area (Å²) >= 11 is 5.90. The molecule has 1 atom stereocenters. The number of halogens is 1. The van der Waals surface area contributed by atoms with Crippen LogP contribution in [0.3, 0.4) is 0 Å². The molecule has 90 valence electrons. The lowest BCUT2D eigenvalue weighted by molar-refractivity contribution is 0.0897. The number of rotatable bonds is 6. The number of ether oxygens (including phenoxy) is 1. The quantitative estimate of drug-likeness (QED) is 0.768. The van der Waals surface area contributed by atoms with E-state index < -0.39 is 0 Å². The van der Waals surface area contributed by atoms with Crippen molar-refractivity contribution in [3.05, 3.63) is 28.8 Å². The average Bonchev–Trinajstić information content (AvgIpc) is 2.23. The van der Waals surface area contributed by atoms with Gasteiger partial charge in [0.05, 0.1) is 6.61 Å². The zero-order valence-corrected chi connectivity index (χ0v) is 10.8. The zero-order chi connectivity index (χ0) is 12.0. The first-order chi connectivity index (χ1) is 7.63. The lowest BCUT2D eigenvalue weighted by atomic mass is 10.1. The largest absolute Gasteiger partial charge is 0.398 e. The van der Waals surface area contributed by atoms with Gasteiger partial charge in [0, 0.05) is 22.9 Å². The van der Waals surface area contributed by atoms with Crippen LogP contribution >= 0.6 is 11.6 Å². The summed E-state index contributed by atoms with van der Waals surface area (Å²) in [5.74, 6) is 0.602. The Morgan fingerprint density at radius 3 is 2.88 bits per heavy atom. The van der Waals surface area contributed by atoms with E-state index in [2.05, 4.69) is 13.8 Å². The van der Waals surface area contributed by atoms with E-state index in [9.17, 15) is 0 Å². The van der Waals surface area contributed by atoms with Gasteiger partial charge in [0.15, 0.2) is 0 Å². The molecule has 0 aliphatic carbocycles. The highest BCUT2D eigenvalue weighted by atomic mass is 35.5. The van der Waals surface area contributed by atoms with Gasteiger partial charge >= 0.3 is 0 Å². The van der Waals surface area contributed by atoms with Gasteiger partial charge in [0.25, 0.3) is 0 Å². The van der Waals surface area contributed by atoms with Gasteiger partial charge in [-0.3, -0.25) is 0 Å². The minimum Gasteiger partial charge on any atom is -0.398 e. The second kappa shape index (κ2) is 6.77.